The number of rotatable bonds is 2. The third kappa shape index (κ3) is 3.19. The lowest BCUT2D eigenvalue weighted by atomic mass is 10.2. The zero-order valence-corrected chi connectivity index (χ0v) is 12.4. The van der Waals surface area contributed by atoms with Crippen LogP contribution in [0.1, 0.15) is 5.56 Å². The maximum Gasteiger partial charge on any atom is 0.160 e. The molecule has 0 unspecified atom stereocenters. The highest BCUT2D eigenvalue weighted by Crippen LogP contribution is 2.31. The molecule has 1 N–H and O–H groups in total. The zero-order chi connectivity index (χ0) is 14.0. The molecule has 2 aromatic rings. The molecule has 2 nitrogen and oxygen atoms in total. The molecule has 6 heteroatoms. The molecule has 0 heterocycles. The Bertz CT molecular complexity index is 660. The average Bonchev–Trinajstić information content (AvgIpc) is 2.38. The van der Waals surface area contributed by atoms with Crippen LogP contribution in [0.3, 0.4) is 0 Å². The monoisotopic (exact) mass is 358 g/mol. The van der Waals surface area contributed by atoms with Gasteiger partial charge in [0.2, 0.25) is 0 Å². The highest BCUT2D eigenvalue weighted by Gasteiger charge is 2.09. The van der Waals surface area contributed by atoms with E-state index in [-0.39, 0.29) is 10.0 Å². The van der Waals surface area contributed by atoms with Crippen LogP contribution >= 0.6 is 39.1 Å². The van der Waals surface area contributed by atoms with Crippen molar-refractivity contribution >= 4 is 50.5 Å². The zero-order valence-electron chi connectivity index (χ0n) is 9.35. The Morgan fingerprint density at radius 2 is 1.79 bits per heavy atom. The minimum atomic E-state index is -0.646. The van der Waals surface area contributed by atoms with E-state index in [0.29, 0.717) is 15.7 Å². The maximum absolute atomic E-state index is 13.3. The van der Waals surface area contributed by atoms with E-state index in [1.54, 1.807) is 18.2 Å². The minimum Gasteiger partial charge on any atom is -0.355 e. The van der Waals surface area contributed by atoms with Crippen molar-refractivity contribution in [1.82, 2.24) is 0 Å². The van der Waals surface area contributed by atoms with Crippen LogP contribution in [0.15, 0.2) is 34.8 Å². The molecule has 19 heavy (non-hydrogen) atoms. The summed E-state index contributed by atoms with van der Waals surface area (Å²) >= 11 is 14.8. The predicted molar refractivity (Wildman–Crippen MR) is 78.6 cm³/mol. The SMILES string of the molecule is N#Cc1ccc(Nc2cc(Cl)c(F)c(Cl)c2)c(Br)c1. The summed E-state index contributed by atoms with van der Waals surface area (Å²) in [6.07, 6.45) is 0. The summed E-state index contributed by atoms with van der Waals surface area (Å²) in [4.78, 5) is 0. The smallest absolute Gasteiger partial charge is 0.160 e. The topological polar surface area (TPSA) is 35.8 Å². The molecule has 0 amide bonds. The lowest BCUT2D eigenvalue weighted by Crippen LogP contribution is -1.93. The molecule has 0 aliphatic heterocycles. The first-order valence-electron chi connectivity index (χ1n) is 5.12. The Morgan fingerprint density at radius 3 is 2.32 bits per heavy atom. The molecular weight excluding hydrogens is 354 g/mol. The second kappa shape index (κ2) is 5.79. The summed E-state index contributed by atoms with van der Waals surface area (Å²) in [5.41, 5.74) is 1.81. The molecule has 0 aliphatic rings. The van der Waals surface area contributed by atoms with Crippen LogP contribution in [0, 0.1) is 17.1 Å². The second-order valence-corrected chi connectivity index (χ2v) is 5.35. The van der Waals surface area contributed by atoms with E-state index < -0.39 is 5.82 Å². The molecule has 0 saturated carbocycles. The third-order valence-corrected chi connectivity index (χ3v) is 3.57. The van der Waals surface area contributed by atoms with Crippen LogP contribution in [0.5, 0.6) is 0 Å². The van der Waals surface area contributed by atoms with Crippen molar-refractivity contribution < 1.29 is 4.39 Å². The maximum atomic E-state index is 13.3. The minimum absolute atomic E-state index is 0.0558. The number of nitrogens with zero attached hydrogens (tertiary/aromatic N) is 1. The van der Waals surface area contributed by atoms with Gasteiger partial charge < -0.3 is 5.32 Å². The van der Waals surface area contributed by atoms with Gasteiger partial charge in [0, 0.05) is 10.2 Å². The van der Waals surface area contributed by atoms with Gasteiger partial charge in [0.15, 0.2) is 5.82 Å². The van der Waals surface area contributed by atoms with Gasteiger partial charge in [0.25, 0.3) is 0 Å². The molecule has 0 bridgehead atoms. The van der Waals surface area contributed by atoms with E-state index >= 15 is 0 Å². The van der Waals surface area contributed by atoms with E-state index in [9.17, 15) is 4.39 Å². The van der Waals surface area contributed by atoms with E-state index in [2.05, 4.69) is 21.2 Å². The van der Waals surface area contributed by atoms with Gasteiger partial charge in [-0.3, -0.25) is 0 Å². The largest absolute Gasteiger partial charge is 0.355 e. The molecule has 0 spiro atoms. The molecule has 2 rings (SSSR count). The fourth-order valence-electron chi connectivity index (χ4n) is 1.47. The Hall–Kier alpha value is -1.28. The molecule has 0 saturated heterocycles. The van der Waals surface area contributed by atoms with Gasteiger partial charge in [-0.05, 0) is 46.3 Å². The molecule has 2 aromatic carbocycles. The third-order valence-electron chi connectivity index (χ3n) is 2.36. The lowest BCUT2D eigenvalue weighted by Gasteiger charge is -2.10. The van der Waals surface area contributed by atoms with Crippen molar-refractivity contribution in [2.45, 2.75) is 0 Å². The quantitative estimate of drug-likeness (QED) is 0.717. The summed E-state index contributed by atoms with van der Waals surface area (Å²) in [5, 5.41) is 11.7. The number of nitriles is 1. The Kier molecular flexibility index (Phi) is 4.31. The van der Waals surface area contributed by atoms with Crippen molar-refractivity contribution in [3.8, 4) is 6.07 Å². The van der Waals surface area contributed by atoms with Gasteiger partial charge in [0.05, 0.1) is 27.4 Å². The van der Waals surface area contributed by atoms with Crippen molar-refractivity contribution in [2.24, 2.45) is 0 Å². The van der Waals surface area contributed by atoms with Gasteiger partial charge >= 0.3 is 0 Å². The van der Waals surface area contributed by atoms with Crippen LogP contribution in [0.2, 0.25) is 10.0 Å². The van der Waals surface area contributed by atoms with Crippen molar-refractivity contribution in [3.63, 3.8) is 0 Å². The molecule has 0 radical (unpaired) electrons. The Balaban J connectivity index is 2.34. The first-order valence-corrected chi connectivity index (χ1v) is 6.67. The molecule has 0 atom stereocenters. The first-order chi connectivity index (χ1) is 9.01. The Morgan fingerprint density at radius 1 is 1.16 bits per heavy atom. The number of benzene rings is 2. The van der Waals surface area contributed by atoms with Crippen molar-refractivity contribution in [3.05, 3.63) is 56.2 Å². The fourth-order valence-corrected chi connectivity index (χ4v) is 2.43. The normalized spacial score (nSPS) is 10.1. The first kappa shape index (κ1) is 14.1. The van der Waals surface area contributed by atoms with Crippen LogP contribution in [0.4, 0.5) is 15.8 Å². The van der Waals surface area contributed by atoms with Gasteiger partial charge in [-0.1, -0.05) is 23.2 Å². The van der Waals surface area contributed by atoms with E-state index in [4.69, 9.17) is 28.5 Å². The van der Waals surface area contributed by atoms with Crippen LogP contribution in [-0.4, -0.2) is 0 Å². The summed E-state index contributed by atoms with van der Waals surface area (Å²) in [6.45, 7) is 0. The van der Waals surface area contributed by atoms with Crippen LogP contribution in [-0.2, 0) is 0 Å². The summed E-state index contributed by atoms with van der Waals surface area (Å²) < 4.78 is 14.0. The lowest BCUT2D eigenvalue weighted by molar-refractivity contribution is 0.629. The van der Waals surface area contributed by atoms with Crippen molar-refractivity contribution in [2.75, 3.05) is 5.32 Å². The van der Waals surface area contributed by atoms with Gasteiger partial charge in [0.1, 0.15) is 0 Å². The molecule has 96 valence electrons. The van der Waals surface area contributed by atoms with Gasteiger partial charge in [-0.15, -0.1) is 0 Å². The number of hydrogen-bond donors (Lipinski definition) is 1. The fraction of sp³-hybridized carbons (Fsp3) is 0. The van der Waals surface area contributed by atoms with Crippen LogP contribution in [0.25, 0.3) is 0 Å². The molecule has 0 fully saturated rings. The van der Waals surface area contributed by atoms with Crippen LogP contribution < -0.4 is 5.32 Å². The van der Waals surface area contributed by atoms with E-state index in [0.717, 1.165) is 5.69 Å². The molecular formula is C13H6BrCl2FN2. The second-order valence-electron chi connectivity index (χ2n) is 3.69. The number of anilines is 2. The highest BCUT2D eigenvalue weighted by atomic mass is 79.9. The summed E-state index contributed by atoms with van der Waals surface area (Å²) in [7, 11) is 0. The van der Waals surface area contributed by atoms with Gasteiger partial charge in [-0.2, -0.15) is 5.26 Å². The summed E-state index contributed by atoms with van der Waals surface area (Å²) in [6, 6.07) is 9.98. The standard InChI is InChI=1S/C13H6BrCl2FN2/c14-9-3-7(6-18)1-2-12(9)19-8-4-10(15)13(17)11(16)5-8/h1-5,19H. The number of hydrogen-bond acceptors (Lipinski definition) is 2. The average molecular weight is 360 g/mol. The molecule has 0 aromatic heterocycles. The Labute approximate surface area is 127 Å². The molecule has 0 aliphatic carbocycles. The van der Waals surface area contributed by atoms with E-state index in [1.165, 1.54) is 12.1 Å². The van der Waals surface area contributed by atoms with E-state index in [1.807, 2.05) is 6.07 Å². The van der Waals surface area contributed by atoms with Crippen molar-refractivity contribution in [1.29, 1.82) is 5.26 Å². The van der Waals surface area contributed by atoms with Gasteiger partial charge in [-0.25, -0.2) is 4.39 Å². The summed E-state index contributed by atoms with van der Waals surface area (Å²) in [5.74, 6) is -0.646. The highest BCUT2D eigenvalue weighted by molar-refractivity contribution is 9.10. The predicted octanol–water partition coefficient (Wildman–Crippen LogP) is 5.51. The number of nitrogens with one attached hydrogen (secondary N) is 1. The number of halogens is 4.